The third-order valence-corrected chi connectivity index (χ3v) is 5.96. The number of nitrogens with zero attached hydrogens (tertiary/aromatic N) is 2. The minimum Gasteiger partial charge on any atom is -0.394 e. The maximum absolute atomic E-state index is 12.8. The van der Waals surface area contributed by atoms with E-state index in [4.69, 9.17) is 0 Å². The van der Waals surface area contributed by atoms with Gasteiger partial charge in [0.05, 0.1) is 18.8 Å². The zero-order valence-corrected chi connectivity index (χ0v) is 20.9. The molecule has 2 amide bonds. The number of aliphatic hydroxyl groups excluding tert-OH is 1. The average Bonchev–Trinajstić information content (AvgIpc) is 3.45. The zero-order valence-electron chi connectivity index (χ0n) is 20.9. The number of aliphatic hydroxyl groups is 1. The largest absolute Gasteiger partial charge is 0.394 e. The smallest absolute Gasteiger partial charge is 0.251 e. The summed E-state index contributed by atoms with van der Waals surface area (Å²) in [5, 5.41) is 22.5. The van der Waals surface area contributed by atoms with Crippen LogP contribution in [0.4, 0.5) is 0 Å². The number of aromatic amines is 1. The number of nitrogens with one attached hydrogen (secondary N) is 3. The predicted molar refractivity (Wildman–Crippen MR) is 143 cm³/mol. The average molecular weight is 498 g/mol. The lowest BCUT2D eigenvalue weighted by Crippen LogP contribution is -2.31. The SMILES string of the molecule is CN(C)Cc1cccc(CNC(=O)c2cccc([C@@H](CO)NC(=O)c3ccc(-c4cn[nH]c4)cc3)c2)c1. The number of amides is 2. The van der Waals surface area contributed by atoms with Gasteiger partial charge in [-0.25, -0.2) is 0 Å². The molecule has 4 N–H and O–H groups in total. The number of aromatic nitrogens is 2. The number of hydrogen-bond acceptors (Lipinski definition) is 5. The Labute approximate surface area is 216 Å². The fourth-order valence-corrected chi connectivity index (χ4v) is 4.08. The lowest BCUT2D eigenvalue weighted by atomic mass is 10.0. The van der Waals surface area contributed by atoms with Gasteiger partial charge in [-0.2, -0.15) is 5.10 Å². The Balaban J connectivity index is 1.39. The molecule has 3 aromatic carbocycles. The van der Waals surface area contributed by atoms with E-state index in [1.807, 2.05) is 38.4 Å². The monoisotopic (exact) mass is 497 g/mol. The van der Waals surface area contributed by atoms with Crippen molar-refractivity contribution in [2.45, 2.75) is 19.1 Å². The Bertz CT molecular complexity index is 1330. The topological polar surface area (TPSA) is 110 Å². The molecule has 0 aliphatic carbocycles. The second kappa shape index (κ2) is 12.1. The highest BCUT2D eigenvalue weighted by Crippen LogP contribution is 2.19. The molecule has 0 aliphatic heterocycles. The van der Waals surface area contributed by atoms with Crippen molar-refractivity contribution in [1.82, 2.24) is 25.7 Å². The van der Waals surface area contributed by atoms with Gasteiger partial charge < -0.3 is 20.6 Å². The van der Waals surface area contributed by atoms with Crippen LogP contribution >= 0.6 is 0 Å². The van der Waals surface area contributed by atoms with Crippen molar-refractivity contribution < 1.29 is 14.7 Å². The lowest BCUT2D eigenvalue weighted by Gasteiger charge is -2.18. The molecule has 0 spiro atoms. The molecule has 4 aromatic rings. The fraction of sp³-hybridized carbons (Fsp3) is 0.207. The van der Waals surface area contributed by atoms with E-state index in [2.05, 4.69) is 37.9 Å². The molecule has 0 saturated heterocycles. The Hall–Kier alpha value is -4.27. The summed E-state index contributed by atoms with van der Waals surface area (Å²) in [6.07, 6.45) is 3.49. The van der Waals surface area contributed by atoms with E-state index in [0.717, 1.165) is 23.2 Å². The van der Waals surface area contributed by atoms with E-state index < -0.39 is 6.04 Å². The molecule has 4 rings (SSSR count). The van der Waals surface area contributed by atoms with Gasteiger partial charge in [-0.1, -0.05) is 48.5 Å². The van der Waals surface area contributed by atoms with Gasteiger partial charge in [-0.3, -0.25) is 14.7 Å². The Morgan fingerprint density at radius 2 is 1.68 bits per heavy atom. The van der Waals surface area contributed by atoms with E-state index in [0.29, 0.717) is 23.2 Å². The van der Waals surface area contributed by atoms with Crippen LogP contribution in [0, 0.1) is 0 Å². The van der Waals surface area contributed by atoms with E-state index in [1.165, 1.54) is 5.56 Å². The molecule has 1 heterocycles. The molecule has 1 aromatic heterocycles. The molecule has 1 atom stereocenters. The van der Waals surface area contributed by atoms with Gasteiger partial charge in [0.2, 0.25) is 0 Å². The van der Waals surface area contributed by atoms with Crippen LogP contribution in [0.25, 0.3) is 11.1 Å². The second-order valence-electron chi connectivity index (χ2n) is 9.14. The van der Waals surface area contributed by atoms with E-state index in [9.17, 15) is 14.7 Å². The number of carbonyl (C=O) groups excluding carboxylic acids is 2. The molecular formula is C29H31N5O3. The van der Waals surface area contributed by atoms with Crippen LogP contribution in [0.5, 0.6) is 0 Å². The Morgan fingerprint density at radius 3 is 2.38 bits per heavy atom. The fourth-order valence-electron chi connectivity index (χ4n) is 4.08. The molecule has 8 nitrogen and oxygen atoms in total. The minimum absolute atomic E-state index is 0.224. The molecule has 190 valence electrons. The maximum Gasteiger partial charge on any atom is 0.251 e. The summed E-state index contributed by atoms with van der Waals surface area (Å²) in [7, 11) is 4.03. The van der Waals surface area contributed by atoms with Crippen LogP contribution in [0.15, 0.2) is 85.2 Å². The minimum atomic E-state index is -0.656. The highest BCUT2D eigenvalue weighted by molar-refractivity contribution is 5.95. The van der Waals surface area contributed by atoms with Crippen LogP contribution in [-0.2, 0) is 13.1 Å². The summed E-state index contributed by atoms with van der Waals surface area (Å²) in [6, 6.07) is 21.5. The van der Waals surface area contributed by atoms with Crippen molar-refractivity contribution >= 4 is 11.8 Å². The van der Waals surface area contributed by atoms with Gasteiger partial charge in [0.15, 0.2) is 0 Å². The van der Waals surface area contributed by atoms with E-state index in [1.54, 1.807) is 48.8 Å². The standard InChI is InChI=1S/C29H31N5O3/c1-34(2)18-21-6-3-5-20(13-21)15-30-28(36)25-8-4-7-24(14-25)27(19-35)33-29(37)23-11-9-22(10-12-23)26-16-31-32-17-26/h3-14,16-17,27,35H,15,18-19H2,1-2H3,(H,30,36)(H,31,32)(H,33,37)/t27-/m1/s1. The summed E-state index contributed by atoms with van der Waals surface area (Å²) in [6.45, 7) is 0.925. The quantitative estimate of drug-likeness (QED) is 0.268. The van der Waals surface area contributed by atoms with Crippen LogP contribution in [0.3, 0.4) is 0 Å². The lowest BCUT2D eigenvalue weighted by molar-refractivity contribution is 0.0916. The van der Waals surface area contributed by atoms with Crippen LogP contribution in [-0.4, -0.2) is 52.7 Å². The summed E-state index contributed by atoms with van der Waals surface area (Å²) in [5.41, 5.74) is 5.63. The summed E-state index contributed by atoms with van der Waals surface area (Å²) >= 11 is 0. The second-order valence-corrected chi connectivity index (χ2v) is 9.14. The molecule has 0 saturated carbocycles. The molecule has 0 fully saturated rings. The van der Waals surface area contributed by atoms with Crippen molar-refractivity contribution in [2.75, 3.05) is 20.7 Å². The Kier molecular flexibility index (Phi) is 8.45. The van der Waals surface area contributed by atoms with Crippen molar-refractivity contribution in [1.29, 1.82) is 0 Å². The van der Waals surface area contributed by atoms with Crippen molar-refractivity contribution in [3.8, 4) is 11.1 Å². The Morgan fingerprint density at radius 1 is 0.919 bits per heavy atom. The van der Waals surface area contributed by atoms with Crippen LogP contribution in [0.2, 0.25) is 0 Å². The molecule has 0 radical (unpaired) electrons. The number of rotatable bonds is 10. The molecule has 8 heteroatoms. The highest BCUT2D eigenvalue weighted by atomic mass is 16.3. The number of H-pyrrole nitrogens is 1. The van der Waals surface area contributed by atoms with Crippen molar-refractivity contribution in [3.05, 3.63) is 113 Å². The summed E-state index contributed by atoms with van der Waals surface area (Å²) in [5.74, 6) is -0.539. The van der Waals surface area contributed by atoms with Gasteiger partial charge in [0.1, 0.15) is 0 Å². The predicted octanol–water partition coefficient (Wildman–Crippen LogP) is 3.53. The van der Waals surface area contributed by atoms with Gasteiger partial charge in [-0.15, -0.1) is 0 Å². The molecule has 0 aliphatic rings. The zero-order chi connectivity index (χ0) is 26.2. The first-order valence-electron chi connectivity index (χ1n) is 12.0. The van der Waals surface area contributed by atoms with Gasteiger partial charge >= 0.3 is 0 Å². The van der Waals surface area contributed by atoms with Gasteiger partial charge in [0.25, 0.3) is 11.8 Å². The molecule has 0 bridgehead atoms. The number of hydrogen-bond donors (Lipinski definition) is 4. The van der Waals surface area contributed by atoms with E-state index >= 15 is 0 Å². The van der Waals surface area contributed by atoms with E-state index in [-0.39, 0.29) is 18.4 Å². The van der Waals surface area contributed by atoms with Crippen LogP contribution in [0.1, 0.15) is 43.4 Å². The molecular weight excluding hydrogens is 466 g/mol. The third-order valence-electron chi connectivity index (χ3n) is 5.96. The first-order valence-corrected chi connectivity index (χ1v) is 12.0. The number of benzene rings is 3. The first kappa shape index (κ1) is 25.8. The first-order chi connectivity index (χ1) is 17.9. The van der Waals surface area contributed by atoms with Crippen molar-refractivity contribution in [3.63, 3.8) is 0 Å². The summed E-state index contributed by atoms with van der Waals surface area (Å²) in [4.78, 5) is 27.8. The van der Waals surface area contributed by atoms with Crippen molar-refractivity contribution in [2.24, 2.45) is 0 Å². The number of carbonyl (C=O) groups is 2. The van der Waals surface area contributed by atoms with Gasteiger partial charge in [-0.05, 0) is 60.6 Å². The normalized spacial score (nSPS) is 11.8. The molecule has 37 heavy (non-hydrogen) atoms. The third kappa shape index (κ3) is 6.91. The maximum atomic E-state index is 12.8. The summed E-state index contributed by atoms with van der Waals surface area (Å²) < 4.78 is 0. The van der Waals surface area contributed by atoms with Gasteiger partial charge in [0, 0.05) is 36.0 Å². The van der Waals surface area contributed by atoms with Crippen LogP contribution < -0.4 is 10.6 Å². The molecule has 0 unspecified atom stereocenters. The highest BCUT2D eigenvalue weighted by Gasteiger charge is 2.17.